The Kier molecular flexibility index (Phi) is 4.69. The fourth-order valence-electron chi connectivity index (χ4n) is 1.89. The van der Waals surface area contributed by atoms with Crippen LogP contribution in [0.3, 0.4) is 0 Å². The van der Waals surface area contributed by atoms with E-state index in [2.05, 4.69) is 24.5 Å². The maximum absolute atomic E-state index is 5.82. The van der Waals surface area contributed by atoms with Crippen molar-refractivity contribution in [3.05, 3.63) is 22.7 Å². The summed E-state index contributed by atoms with van der Waals surface area (Å²) in [5.41, 5.74) is 10.7. The minimum Gasteiger partial charge on any atom is -0.401 e. The van der Waals surface area contributed by atoms with Crippen molar-refractivity contribution in [2.24, 2.45) is 5.73 Å². The quantitative estimate of drug-likeness (QED) is 0.647. The van der Waals surface area contributed by atoms with E-state index in [1.807, 2.05) is 6.92 Å². The van der Waals surface area contributed by atoms with Crippen LogP contribution in [0.25, 0.3) is 0 Å². The fraction of sp³-hybridized carbons (Fsp3) is 0.667. The van der Waals surface area contributed by atoms with Crippen molar-refractivity contribution in [2.75, 3.05) is 13.1 Å². The maximum atomic E-state index is 5.82. The Balaban J connectivity index is 2.71. The van der Waals surface area contributed by atoms with Crippen molar-refractivity contribution >= 4 is 0 Å². The molecule has 0 aromatic carbocycles. The lowest BCUT2D eigenvalue weighted by Crippen LogP contribution is -2.20. The van der Waals surface area contributed by atoms with Crippen molar-refractivity contribution in [3.8, 4) is 0 Å². The molecule has 3 heteroatoms. The Morgan fingerprint density at radius 2 is 2.13 bits per heavy atom. The topological polar surface area (TPSA) is 50.1 Å². The minimum absolute atomic E-state index is 0.896. The molecule has 3 nitrogen and oxygen atoms in total. The Labute approximate surface area is 92.8 Å². The summed E-state index contributed by atoms with van der Waals surface area (Å²) in [4.78, 5) is 0. The van der Waals surface area contributed by atoms with E-state index in [9.17, 15) is 0 Å². The van der Waals surface area contributed by atoms with Gasteiger partial charge < -0.3 is 16.4 Å². The molecule has 1 rings (SSSR count). The van der Waals surface area contributed by atoms with E-state index >= 15 is 0 Å². The molecule has 4 N–H and O–H groups in total. The van der Waals surface area contributed by atoms with Gasteiger partial charge in [0.1, 0.15) is 0 Å². The summed E-state index contributed by atoms with van der Waals surface area (Å²) in [5, 5.41) is 6.85. The number of nitrogens with one attached hydrogen (secondary N) is 2. The van der Waals surface area contributed by atoms with Gasteiger partial charge in [-0.1, -0.05) is 20.3 Å². The van der Waals surface area contributed by atoms with Crippen LogP contribution in [-0.2, 0) is 0 Å². The number of allylic oxidation sites excluding steroid dienone is 2. The SMILES string of the molecule is CCCC1=C(N/C(CC)=C(/C)N)CNC1. The summed E-state index contributed by atoms with van der Waals surface area (Å²) in [6, 6.07) is 0. The van der Waals surface area contributed by atoms with Gasteiger partial charge in [-0.3, -0.25) is 0 Å². The molecule has 0 aromatic heterocycles. The fourth-order valence-corrected chi connectivity index (χ4v) is 1.89. The van der Waals surface area contributed by atoms with Gasteiger partial charge in [0.25, 0.3) is 0 Å². The summed E-state index contributed by atoms with van der Waals surface area (Å²) >= 11 is 0. The van der Waals surface area contributed by atoms with Crippen molar-refractivity contribution in [1.29, 1.82) is 0 Å². The zero-order valence-corrected chi connectivity index (χ0v) is 10.1. The smallest absolute Gasteiger partial charge is 0.0360 e. The van der Waals surface area contributed by atoms with Gasteiger partial charge in [0, 0.05) is 30.2 Å². The first-order chi connectivity index (χ1) is 7.19. The van der Waals surface area contributed by atoms with Crippen molar-refractivity contribution in [2.45, 2.75) is 40.0 Å². The Hall–Kier alpha value is -0.960. The highest BCUT2D eigenvalue weighted by atomic mass is 15.0. The molecule has 0 radical (unpaired) electrons. The van der Waals surface area contributed by atoms with Gasteiger partial charge in [-0.05, 0) is 25.3 Å². The molecule has 15 heavy (non-hydrogen) atoms. The van der Waals surface area contributed by atoms with E-state index in [0.717, 1.165) is 30.9 Å². The van der Waals surface area contributed by atoms with Crippen LogP contribution in [0, 0.1) is 0 Å². The molecule has 0 fully saturated rings. The van der Waals surface area contributed by atoms with Gasteiger partial charge in [0.15, 0.2) is 0 Å². The van der Waals surface area contributed by atoms with Crippen LogP contribution in [0.2, 0.25) is 0 Å². The highest BCUT2D eigenvalue weighted by molar-refractivity contribution is 5.25. The molecule has 86 valence electrons. The predicted molar refractivity (Wildman–Crippen MR) is 65.1 cm³/mol. The molecule has 0 atom stereocenters. The predicted octanol–water partition coefficient (Wildman–Crippen LogP) is 1.83. The van der Waals surface area contributed by atoms with Crippen LogP contribution in [0.15, 0.2) is 22.7 Å². The van der Waals surface area contributed by atoms with Gasteiger partial charge in [-0.2, -0.15) is 0 Å². The van der Waals surface area contributed by atoms with E-state index in [1.54, 1.807) is 0 Å². The first-order valence-electron chi connectivity index (χ1n) is 5.82. The van der Waals surface area contributed by atoms with Gasteiger partial charge in [0.05, 0.1) is 0 Å². The summed E-state index contributed by atoms with van der Waals surface area (Å²) < 4.78 is 0. The van der Waals surface area contributed by atoms with Crippen LogP contribution >= 0.6 is 0 Å². The van der Waals surface area contributed by atoms with E-state index < -0.39 is 0 Å². The number of hydrogen-bond acceptors (Lipinski definition) is 3. The summed E-state index contributed by atoms with van der Waals surface area (Å²) in [7, 11) is 0. The Morgan fingerprint density at radius 3 is 2.67 bits per heavy atom. The summed E-state index contributed by atoms with van der Waals surface area (Å²) in [6.45, 7) is 8.27. The molecule has 0 saturated heterocycles. The molecule has 0 saturated carbocycles. The highest BCUT2D eigenvalue weighted by Gasteiger charge is 2.13. The molecule has 0 bridgehead atoms. The van der Waals surface area contributed by atoms with Crippen molar-refractivity contribution < 1.29 is 0 Å². The van der Waals surface area contributed by atoms with E-state index in [-0.39, 0.29) is 0 Å². The third-order valence-corrected chi connectivity index (χ3v) is 2.75. The summed E-state index contributed by atoms with van der Waals surface area (Å²) in [5.74, 6) is 0. The molecule has 0 unspecified atom stereocenters. The number of hydrogen-bond donors (Lipinski definition) is 3. The molecule has 0 spiro atoms. The van der Waals surface area contributed by atoms with Crippen LogP contribution in [0.4, 0.5) is 0 Å². The molecule has 0 amide bonds. The van der Waals surface area contributed by atoms with Crippen LogP contribution in [0.1, 0.15) is 40.0 Å². The largest absolute Gasteiger partial charge is 0.401 e. The first-order valence-corrected chi connectivity index (χ1v) is 5.82. The zero-order chi connectivity index (χ0) is 11.3. The second-order valence-electron chi connectivity index (χ2n) is 4.08. The molecule has 1 aliphatic heterocycles. The minimum atomic E-state index is 0.896. The molecule has 0 aliphatic carbocycles. The van der Waals surface area contributed by atoms with Gasteiger partial charge in [-0.25, -0.2) is 0 Å². The summed E-state index contributed by atoms with van der Waals surface area (Å²) in [6.07, 6.45) is 3.34. The lowest BCUT2D eigenvalue weighted by Gasteiger charge is -2.13. The third-order valence-electron chi connectivity index (χ3n) is 2.75. The van der Waals surface area contributed by atoms with Crippen LogP contribution < -0.4 is 16.4 Å². The maximum Gasteiger partial charge on any atom is 0.0360 e. The van der Waals surface area contributed by atoms with E-state index in [4.69, 9.17) is 5.73 Å². The average molecular weight is 209 g/mol. The van der Waals surface area contributed by atoms with Crippen LogP contribution in [-0.4, -0.2) is 13.1 Å². The first kappa shape index (κ1) is 12.1. The molecular formula is C12H23N3. The third kappa shape index (κ3) is 3.27. The lowest BCUT2D eigenvalue weighted by molar-refractivity contribution is 0.801. The van der Waals surface area contributed by atoms with E-state index in [0.29, 0.717) is 0 Å². The normalized spacial score (nSPS) is 18.1. The number of nitrogens with two attached hydrogens (primary N) is 1. The van der Waals surface area contributed by atoms with Crippen molar-refractivity contribution in [1.82, 2.24) is 10.6 Å². The van der Waals surface area contributed by atoms with Crippen molar-refractivity contribution in [3.63, 3.8) is 0 Å². The lowest BCUT2D eigenvalue weighted by atomic mass is 10.1. The second kappa shape index (κ2) is 5.81. The molecule has 1 heterocycles. The molecular weight excluding hydrogens is 186 g/mol. The zero-order valence-electron chi connectivity index (χ0n) is 10.1. The standard InChI is InChI=1S/C12H23N3/c1-4-6-10-7-14-8-12(10)15-11(5-2)9(3)13/h14-15H,4-8,13H2,1-3H3/b11-9-. The highest BCUT2D eigenvalue weighted by Crippen LogP contribution is 2.15. The average Bonchev–Trinajstić information content (AvgIpc) is 2.62. The molecule has 0 aromatic rings. The van der Waals surface area contributed by atoms with Gasteiger partial charge in [0.2, 0.25) is 0 Å². The Bertz CT molecular complexity index is 273. The molecule has 1 aliphatic rings. The van der Waals surface area contributed by atoms with Crippen LogP contribution in [0.5, 0.6) is 0 Å². The van der Waals surface area contributed by atoms with Gasteiger partial charge in [-0.15, -0.1) is 0 Å². The number of rotatable bonds is 5. The van der Waals surface area contributed by atoms with E-state index in [1.165, 1.54) is 24.1 Å². The Morgan fingerprint density at radius 1 is 1.40 bits per heavy atom. The second-order valence-corrected chi connectivity index (χ2v) is 4.08. The van der Waals surface area contributed by atoms with Gasteiger partial charge >= 0.3 is 0 Å². The monoisotopic (exact) mass is 209 g/mol.